The molecule has 0 aromatic heterocycles. The van der Waals surface area contributed by atoms with Gasteiger partial charge >= 0.3 is 0 Å². The van der Waals surface area contributed by atoms with Crippen molar-refractivity contribution >= 4 is 5.91 Å². The second-order valence-electron chi connectivity index (χ2n) is 4.60. The SMILES string of the molecule is N#CCC(=O)N1CCC2(CO)CCCC12. The summed E-state index contributed by atoms with van der Waals surface area (Å²) in [5, 5.41) is 18.0. The van der Waals surface area contributed by atoms with Crippen molar-refractivity contribution < 1.29 is 9.90 Å². The van der Waals surface area contributed by atoms with Crippen LogP contribution in [0.15, 0.2) is 0 Å². The number of fused-ring (bicyclic) bond motifs is 1. The van der Waals surface area contributed by atoms with Gasteiger partial charge in [0.05, 0.1) is 12.7 Å². The monoisotopic (exact) mass is 208 g/mol. The number of rotatable bonds is 2. The van der Waals surface area contributed by atoms with Crippen molar-refractivity contribution in [1.29, 1.82) is 5.26 Å². The largest absolute Gasteiger partial charge is 0.396 e. The van der Waals surface area contributed by atoms with Gasteiger partial charge in [-0.15, -0.1) is 0 Å². The number of carbonyl (C=O) groups excluding carboxylic acids is 1. The lowest BCUT2D eigenvalue weighted by molar-refractivity contribution is -0.131. The minimum absolute atomic E-state index is 0.0298. The van der Waals surface area contributed by atoms with E-state index in [0.717, 1.165) is 25.7 Å². The summed E-state index contributed by atoms with van der Waals surface area (Å²) in [5.41, 5.74) is -0.0505. The van der Waals surface area contributed by atoms with Crippen LogP contribution in [0.4, 0.5) is 0 Å². The van der Waals surface area contributed by atoms with Crippen LogP contribution in [-0.2, 0) is 4.79 Å². The summed E-state index contributed by atoms with van der Waals surface area (Å²) in [4.78, 5) is 13.5. The lowest BCUT2D eigenvalue weighted by Crippen LogP contribution is -2.40. The van der Waals surface area contributed by atoms with Crippen LogP contribution in [0.25, 0.3) is 0 Å². The van der Waals surface area contributed by atoms with Gasteiger partial charge in [0.25, 0.3) is 0 Å². The molecule has 1 saturated heterocycles. The molecule has 4 heteroatoms. The number of nitriles is 1. The number of amides is 1. The molecule has 0 radical (unpaired) electrons. The van der Waals surface area contributed by atoms with Gasteiger partial charge in [0, 0.05) is 18.0 Å². The van der Waals surface area contributed by atoms with Crippen LogP contribution in [0, 0.1) is 16.7 Å². The van der Waals surface area contributed by atoms with Gasteiger partial charge in [-0.05, 0) is 19.3 Å². The van der Waals surface area contributed by atoms with Crippen molar-refractivity contribution in [2.45, 2.75) is 38.1 Å². The minimum Gasteiger partial charge on any atom is -0.396 e. The number of nitrogens with zero attached hydrogens (tertiary/aromatic N) is 2. The molecule has 2 unspecified atom stereocenters. The van der Waals surface area contributed by atoms with Gasteiger partial charge in [0.15, 0.2) is 0 Å². The first-order chi connectivity index (χ1) is 7.23. The zero-order chi connectivity index (χ0) is 10.9. The summed E-state index contributed by atoms with van der Waals surface area (Å²) in [5.74, 6) is -0.0697. The van der Waals surface area contributed by atoms with Crippen molar-refractivity contribution in [3.8, 4) is 6.07 Å². The first-order valence-electron chi connectivity index (χ1n) is 5.51. The standard InChI is InChI=1S/C11H16N2O2/c12-6-3-10(15)13-7-5-11(8-14)4-1-2-9(11)13/h9,14H,1-5,7-8H2. The molecule has 0 aromatic rings. The predicted molar refractivity (Wildman–Crippen MR) is 53.7 cm³/mol. The molecule has 0 aromatic carbocycles. The van der Waals surface area contributed by atoms with Gasteiger partial charge in [-0.25, -0.2) is 0 Å². The van der Waals surface area contributed by atoms with Crippen LogP contribution in [0.1, 0.15) is 32.1 Å². The van der Waals surface area contributed by atoms with Crippen LogP contribution in [-0.4, -0.2) is 35.1 Å². The van der Waals surface area contributed by atoms with Crippen molar-refractivity contribution in [2.75, 3.05) is 13.2 Å². The molecule has 82 valence electrons. The minimum atomic E-state index is -0.0697. The maximum atomic E-state index is 11.7. The Balaban J connectivity index is 2.12. The maximum absolute atomic E-state index is 11.7. The zero-order valence-electron chi connectivity index (χ0n) is 8.78. The highest BCUT2D eigenvalue weighted by Crippen LogP contribution is 2.48. The number of carbonyl (C=O) groups is 1. The quantitative estimate of drug-likeness (QED) is 0.725. The molecule has 1 aliphatic carbocycles. The Bertz CT molecular complexity index is 310. The average Bonchev–Trinajstić information content (AvgIpc) is 2.75. The van der Waals surface area contributed by atoms with Crippen LogP contribution < -0.4 is 0 Å². The number of likely N-dealkylation sites (tertiary alicyclic amines) is 1. The summed E-state index contributed by atoms with van der Waals surface area (Å²) in [6, 6.07) is 2.08. The molecule has 0 bridgehead atoms. The molecule has 1 N–H and O–H groups in total. The summed E-state index contributed by atoms with van der Waals surface area (Å²) < 4.78 is 0. The lowest BCUT2D eigenvalue weighted by atomic mass is 9.83. The van der Waals surface area contributed by atoms with E-state index >= 15 is 0 Å². The van der Waals surface area contributed by atoms with E-state index in [1.54, 1.807) is 0 Å². The summed E-state index contributed by atoms with van der Waals surface area (Å²) in [6.45, 7) is 0.889. The lowest BCUT2D eigenvalue weighted by Gasteiger charge is -2.30. The van der Waals surface area contributed by atoms with Crippen molar-refractivity contribution in [2.24, 2.45) is 5.41 Å². The third-order valence-electron chi connectivity index (χ3n) is 3.95. The Hall–Kier alpha value is -1.08. The van der Waals surface area contributed by atoms with E-state index in [1.165, 1.54) is 0 Å². The fourth-order valence-electron chi connectivity index (χ4n) is 3.13. The number of aliphatic hydroxyl groups excluding tert-OH is 1. The third-order valence-corrected chi connectivity index (χ3v) is 3.95. The highest BCUT2D eigenvalue weighted by Gasteiger charge is 2.51. The van der Waals surface area contributed by atoms with Crippen LogP contribution in [0.3, 0.4) is 0 Å². The van der Waals surface area contributed by atoms with Crippen molar-refractivity contribution in [3.63, 3.8) is 0 Å². The molecule has 0 spiro atoms. The van der Waals surface area contributed by atoms with E-state index in [0.29, 0.717) is 6.54 Å². The van der Waals surface area contributed by atoms with Gasteiger partial charge in [-0.3, -0.25) is 4.79 Å². The fraction of sp³-hybridized carbons (Fsp3) is 0.818. The molecule has 2 aliphatic rings. The van der Waals surface area contributed by atoms with Gasteiger partial charge in [-0.2, -0.15) is 5.26 Å². The Morgan fingerprint density at radius 3 is 3.07 bits per heavy atom. The van der Waals surface area contributed by atoms with Gasteiger partial charge in [0.1, 0.15) is 6.42 Å². The van der Waals surface area contributed by atoms with Gasteiger partial charge in [0.2, 0.25) is 5.91 Å². The van der Waals surface area contributed by atoms with Crippen LogP contribution in [0.2, 0.25) is 0 Å². The van der Waals surface area contributed by atoms with E-state index in [4.69, 9.17) is 5.26 Å². The van der Waals surface area contributed by atoms with E-state index in [2.05, 4.69) is 0 Å². The summed E-state index contributed by atoms with van der Waals surface area (Å²) in [6.07, 6.45) is 3.95. The Morgan fingerprint density at radius 1 is 1.60 bits per heavy atom. The molecule has 1 aliphatic heterocycles. The zero-order valence-corrected chi connectivity index (χ0v) is 8.78. The smallest absolute Gasteiger partial charge is 0.237 e. The highest BCUT2D eigenvalue weighted by atomic mass is 16.3. The molecular formula is C11H16N2O2. The molecule has 2 rings (SSSR count). The summed E-state index contributed by atoms with van der Waals surface area (Å²) >= 11 is 0. The fourth-order valence-corrected chi connectivity index (χ4v) is 3.13. The summed E-state index contributed by atoms with van der Waals surface area (Å²) in [7, 11) is 0. The molecule has 2 fully saturated rings. The second-order valence-corrected chi connectivity index (χ2v) is 4.60. The third kappa shape index (κ3) is 1.51. The second kappa shape index (κ2) is 3.82. The van der Waals surface area contributed by atoms with Crippen LogP contribution >= 0.6 is 0 Å². The topological polar surface area (TPSA) is 64.3 Å². The normalized spacial score (nSPS) is 33.9. The Labute approximate surface area is 89.5 Å². The van der Waals surface area contributed by atoms with E-state index < -0.39 is 0 Å². The van der Waals surface area contributed by atoms with Crippen molar-refractivity contribution in [3.05, 3.63) is 0 Å². The predicted octanol–water partition coefficient (Wildman–Crippen LogP) is 0.664. The van der Waals surface area contributed by atoms with E-state index in [1.807, 2.05) is 11.0 Å². The molecular weight excluding hydrogens is 192 g/mol. The van der Waals surface area contributed by atoms with Gasteiger partial charge < -0.3 is 10.0 Å². The number of aliphatic hydroxyl groups is 1. The Morgan fingerprint density at radius 2 is 2.40 bits per heavy atom. The molecule has 1 heterocycles. The first-order valence-corrected chi connectivity index (χ1v) is 5.51. The average molecular weight is 208 g/mol. The van der Waals surface area contributed by atoms with E-state index in [9.17, 15) is 9.90 Å². The van der Waals surface area contributed by atoms with Crippen LogP contribution in [0.5, 0.6) is 0 Å². The number of hydrogen-bond donors (Lipinski definition) is 1. The van der Waals surface area contributed by atoms with E-state index in [-0.39, 0.29) is 30.4 Å². The molecule has 15 heavy (non-hydrogen) atoms. The maximum Gasteiger partial charge on any atom is 0.237 e. The highest BCUT2D eigenvalue weighted by molar-refractivity contribution is 5.79. The number of hydrogen-bond acceptors (Lipinski definition) is 3. The molecule has 2 atom stereocenters. The van der Waals surface area contributed by atoms with Gasteiger partial charge in [-0.1, -0.05) is 6.42 Å². The first kappa shape index (κ1) is 10.4. The Kier molecular flexibility index (Phi) is 2.66. The molecule has 1 amide bonds. The molecule has 1 saturated carbocycles. The molecule has 4 nitrogen and oxygen atoms in total. The van der Waals surface area contributed by atoms with Crippen molar-refractivity contribution in [1.82, 2.24) is 4.90 Å².